The highest BCUT2D eigenvalue weighted by Gasteiger charge is 2.28. The molecule has 0 radical (unpaired) electrons. The molecule has 16 heteroatoms. The first-order chi connectivity index (χ1) is 15.9. The van der Waals surface area contributed by atoms with Crippen LogP contribution in [0, 0.1) is 34.6 Å². The van der Waals surface area contributed by atoms with Crippen LogP contribution in [0.25, 0.3) is 10.1 Å². The summed E-state index contributed by atoms with van der Waals surface area (Å²) in [5, 5.41) is 8.00. The summed E-state index contributed by atoms with van der Waals surface area (Å²) in [7, 11) is -9.63. The molecule has 0 saturated carbocycles. The molecular weight excluding hydrogens is 525 g/mol. The lowest BCUT2D eigenvalue weighted by Crippen LogP contribution is -2.52. The van der Waals surface area contributed by atoms with Crippen LogP contribution < -0.4 is 24.6 Å². The third-order valence-corrected chi connectivity index (χ3v) is 8.40. The normalized spacial score (nSPS) is 13.4. The second-order valence-electron chi connectivity index (χ2n) is 6.54. The van der Waals surface area contributed by atoms with E-state index < -0.39 is 73.0 Å². The largest absolute Gasteiger partial charge is 0.768 e. The van der Waals surface area contributed by atoms with Gasteiger partial charge in [0.1, 0.15) is 35.0 Å². The van der Waals surface area contributed by atoms with Crippen LogP contribution in [0.2, 0.25) is 0 Å². The molecule has 1 unspecified atom stereocenters. The van der Waals surface area contributed by atoms with Gasteiger partial charge in [0.2, 0.25) is 5.82 Å². The van der Waals surface area contributed by atoms with E-state index in [0.29, 0.717) is 12.1 Å². The minimum absolute atomic E-state index is 0.124. The standard InChI is InChI=1S/C18H14F4N3O6PS2/c19-12-5-10(2-1-9(12)7-24)31-32(26,27)8-25-34(28,29)13-6-11-14(20)15(21)17(30-4-3-23)16(22)18(11)33-13/h1-2,5-6,25H,3-4,8,23H2,(H,26,27). The lowest BCUT2D eigenvalue weighted by molar-refractivity contribution is -0.371. The Bertz CT molecular complexity index is 1460. The highest BCUT2D eigenvalue weighted by molar-refractivity contribution is 7.92. The highest BCUT2D eigenvalue weighted by atomic mass is 32.2. The van der Waals surface area contributed by atoms with Crippen LogP contribution in [0.5, 0.6) is 11.5 Å². The Morgan fingerprint density at radius 1 is 1.18 bits per heavy atom. The van der Waals surface area contributed by atoms with Gasteiger partial charge in [0, 0.05) is 11.5 Å². The van der Waals surface area contributed by atoms with Crippen LogP contribution in [-0.2, 0) is 14.6 Å². The number of rotatable bonds is 9. The van der Waals surface area contributed by atoms with E-state index in [0.717, 1.165) is 12.1 Å². The van der Waals surface area contributed by atoms with Gasteiger partial charge in [-0.3, -0.25) is 4.57 Å². The van der Waals surface area contributed by atoms with Crippen molar-refractivity contribution in [3.8, 4) is 17.6 Å². The van der Waals surface area contributed by atoms with Crippen molar-refractivity contribution < 1.29 is 50.4 Å². The van der Waals surface area contributed by atoms with Crippen LogP contribution in [0.1, 0.15) is 5.56 Å². The number of fused-ring (bicyclic) bond motifs is 1. The first-order valence-electron chi connectivity index (χ1n) is 9.11. The van der Waals surface area contributed by atoms with Crippen LogP contribution >= 0.6 is 18.9 Å². The van der Waals surface area contributed by atoms with Crippen LogP contribution in [0.4, 0.5) is 17.6 Å². The fourth-order valence-electron chi connectivity index (χ4n) is 2.62. The number of halogens is 4. The van der Waals surface area contributed by atoms with E-state index in [1.54, 1.807) is 4.72 Å². The molecule has 0 aliphatic rings. The molecule has 34 heavy (non-hydrogen) atoms. The molecule has 0 fully saturated rings. The Morgan fingerprint density at radius 2 is 1.88 bits per heavy atom. The van der Waals surface area contributed by atoms with E-state index in [9.17, 15) is 35.4 Å². The smallest absolute Gasteiger partial charge is 0.250 e. The number of nitrogens with zero attached hydrogens (tertiary/aromatic N) is 1. The quantitative estimate of drug-likeness (QED) is 0.239. The summed E-state index contributed by atoms with van der Waals surface area (Å²) >= 11 is 0.221. The average molecular weight is 539 g/mol. The molecule has 9 nitrogen and oxygen atoms in total. The minimum Gasteiger partial charge on any atom is -0.768 e. The van der Waals surface area contributed by atoms with Gasteiger partial charge in [0.15, 0.2) is 25.0 Å². The number of thiophene rings is 1. The number of nitrogens with one attached hydrogen (secondary N) is 1. The maximum Gasteiger partial charge on any atom is 0.250 e. The van der Waals surface area contributed by atoms with Crippen molar-refractivity contribution in [3.05, 3.63) is 53.1 Å². The fraction of sp³-hybridized carbons (Fsp3) is 0.167. The van der Waals surface area contributed by atoms with E-state index in [4.69, 9.17) is 10.00 Å². The van der Waals surface area contributed by atoms with Gasteiger partial charge >= 0.3 is 0 Å². The van der Waals surface area contributed by atoms with Gasteiger partial charge in [-0.25, -0.2) is 26.3 Å². The summed E-state index contributed by atoms with van der Waals surface area (Å²) in [5.41, 5.74) is 3.05. The summed E-state index contributed by atoms with van der Waals surface area (Å²) in [6, 6.07) is 4.74. The number of nitriles is 1. The number of quaternary nitrogens is 1. The Hall–Kier alpha value is -2.73. The van der Waals surface area contributed by atoms with Crippen molar-refractivity contribution in [1.82, 2.24) is 4.72 Å². The van der Waals surface area contributed by atoms with Gasteiger partial charge in [-0.05, 0) is 18.2 Å². The lowest BCUT2D eigenvalue weighted by atomic mass is 10.2. The fourth-order valence-corrected chi connectivity index (χ4v) is 6.53. The molecule has 182 valence electrons. The summed E-state index contributed by atoms with van der Waals surface area (Å²) in [6.07, 6.45) is -1.30. The first kappa shape index (κ1) is 25.9. The van der Waals surface area contributed by atoms with Crippen LogP contribution in [0.3, 0.4) is 0 Å². The van der Waals surface area contributed by atoms with Gasteiger partial charge in [0.05, 0.1) is 16.5 Å². The molecule has 0 amide bonds. The van der Waals surface area contributed by atoms with E-state index in [1.807, 2.05) is 0 Å². The van der Waals surface area contributed by atoms with Gasteiger partial charge in [-0.1, -0.05) is 0 Å². The summed E-state index contributed by atoms with van der Waals surface area (Å²) in [6.45, 7) is -0.0994. The molecule has 0 aliphatic carbocycles. The molecule has 4 N–H and O–H groups in total. The van der Waals surface area contributed by atoms with Crippen LogP contribution in [-0.4, -0.2) is 27.9 Å². The molecule has 0 saturated heterocycles. The molecule has 0 spiro atoms. The number of hydrogen-bond donors (Lipinski definition) is 2. The first-order valence-corrected chi connectivity index (χ1v) is 13.1. The van der Waals surface area contributed by atoms with E-state index in [-0.39, 0.29) is 30.1 Å². The number of benzene rings is 2. The zero-order chi connectivity index (χ0) is 25.3. The Kier molecular flexibility index (Phi) is 7.51. The molecule has 3 aromatic rings. The minimum atomic E-state index is -4.98. The van der Waals surface area contributed by atoms with E-state index >= 15 is 0 Å². The third-order valence-electron chi connectivity index (χ3n) is 4.15. The number of hydrogen-bond acceptors (Lipinski definition) is 8. The second-order valence-corrected chi connectivity index (χ2v) is 11.3. The molecule has 3 rings (SSSR count). The summed E-state index contributed by atoms with van der Waals surface area (Å²) < 4.78 is 104. The van der Waals surface area contributed by atoms with Gasteiger partial charge < -0.3 is 19.9 Å². The Morgan fingerprint density at radius 3 is 2.50 bits per heavy atom. The zero-order valence-electron chi connectivity index (χ0n) is 16.8. The maximum absolute atomic E-state index is 14.6. The average Bonchev–Trinajstić information content (AvgIpc) is 3.23. The molecule has 1 aromatic heterocycles. The van der Waals surface area contributed by atoms with E-state index in [2.05, 4.69) is 10.3 Å². The number of sulfonamides is 1. The van der Waals surface area contributed by atoms with Crippen molar-refractivity contribution >= 4 is 39.0 Å². The van der Waals surface area contributed by atoms with Crippen molar-refractivity contribution in [2.45, 2.75) is 4.21 Å². The second kappa shape index (κ2) is 9.87. The highest BCUT2D eigenvalue weighted by Crippen LogP contribution is 2.41. The van der Waals surface area contributed by atoms with Crippen molar-refractivity contribution in [3.63, 3.8) is 0 Å². The number of ether oxygens (including phenoxy) is 1. The summed E-state index contributed by atoms with van der Waals surface area (Å²) in [4.78, 5) is 12.1. The predicted molar refractivity (Wildman–Crippen MR) is 109 cm³/mol. The SMILES string of the molecule is N#Cc1ccc(OP(=O)([O-])CNS(=O)(=O)c2cc3c(F)c(F)c(OCC[NH3+])c(F)c3s2)cc1F. The maximum atomic E-state index is 14.6. The molecule has 0 bridgehead atoms. The van der Waals surface area contributed by atoms with Crippen molar-refractivity contribution in [1.29, 1.82) is 5.26 Å². The molecular formula is C18H14F4N3O6PS2. The van der Waals surface area contributed by atoms with Gasteiger partial charge in [-0.2, -0.15) is 9.65 Å². The van der Waals surface area contributed by atoms with E-state index in [1.165, 1.54) is 6.07 Å². The predicted octanol–water partition coefficient (Wildman–Crippen LogP) is 1.82. The van der Waals surface area contributed by atoms with Gasteiger partial charge in [-0.15, -0.1) is 11.3 Å². The molecule has 0 aliphatic heterocycles. The monoisotopic (exact) mass is 539 g/mol. The Balaban J connectivity index is 1.84. The molecule has 2 aromatic carbocycles. The topological polar surface area (TPSA) is 156 Å². The lowest BCUT2D eigenvalue weighted by Gasteiger charge is -2.24. The van der Waals surface area contributed by atoms with Gasteiger partial charge in [0.25, 0.3) is 10.0 Å². The third kappa shape index (κ3) is 5.33. The molecule has 1 atom stereocenters. The zero-order valence-corrected chi connectivity index (χ0v) is 19.3. The van der Waals surface area contributed by atoms with Crippen molar-refractivity contribution in [2.24, 2.45) is 0 Å². The molecule has 1 heterocycles. The van der Waals surface area contributed by atoms with Crippen LogP contribution in [0.15, 0.2) is 28.5 Å². The summed E-state index contributed by atoms with van der Waals surface area (Å²) in [5.74, 6) is -7.12. The Labute approximate surface area is 193 Å². The van der Waals surface area contributed by atoms with Crippen molar-refractivity contribution in [2.75, 3.05) is 19.4 Å².